The number of fused-ring (bicyclic) bond motifs is 1. The Balaban J connectivity index is 1.63. The van der Waals surface area contributed by atoms with Crippen LogP contribution in [0.15, 0.2) is 72.8 Å². The molecule has 3 aromatic rings. The molecule has 4 atom stereocenters. The van der Waals surface area contributed by atoms with E-state index in [-0.39, 0.29) is 40.6 Å². The van der Waals surface area contributed by atoms with Gasteiger partial charge in [-0.2, -0.15) is 0 Å². The molecule has 2 aliphatic rings. The maximum absolute atomic E-state index is 14.9. The largest absolute Gasteiger partial charge is 0.465 e. The Bertz CT molecular complexity index is 1980. The van der Waals surface area contributed by atoms with Crippen LogP contribution in [0.5, 0.6) is 11.5 Å². The summed E-state index contributed by atoms with van der Waals surface area (Å²) in [6.07, 6.45) is -1.58. The smallest absolute Gasteiger partial charge is 0.408 e. The standard InChI is InChI=1S/C36H36N4O11S2/c1-20-31(52)39-32(20)53-35(4,5)36(39,33(44)49-19-24-9-7-6-8-10-24)37-30(43)29(25-13-16-27(50-21(2)41)28(17-25)51-22(3)42)38(34(45)46)18-23-11-14-26(15-12-23)40(47)48/h6-17,20,29,32H,18-19H2,1-5H3,(H,37,43)(H,45,46)/t20-,29?,32-,36+/m1/s1. The van der Waals surface area contributed by atoms with Crippen LogP contribution in [0.2, 0.25) is 0 Å². The van der Waals surface area contributed by atoms with Crippen LogP contribution in [0.1, 0.15) is 57.4 Å². The zero-order valence-corrected chi connectivity index (χ0v) is 30.9. The second-order valence-corrected chi connectivity index (χ2v) is 15.1. The lowest BCUT2D eigenvalue weighted by molar-refractivity contribution is -0.384. The molecule has 0 bridgehead atoms. The normalized spacial score (nSPS) is 20.2. The number of carbonyl (C=O) groups excluding carboxylic acids is 4. The van der Waals surface area contributed by atoms with Crippen molar-refractivity contribution in [3.05, 3.63) is 99.6 Å². The van der Waals surface area contributed by atoms with Gasteiger partial charge < -0.3 is 29.5 Å². The molecule has 2 fully saturated rings. The van der Waals surface area contributed by atoms with Crippen molar-refractivity contribution in [1.29, 1.82) is 0 Å². The molecule has 278 valence electrons. The number of hydrogen-bond acceptors (Lipinski definition) is 12. The predicted molar refractivity (Wildman–Crippen MR) is 195 cm³/mol. The van der Waals surface area contributed by atoms with Crippen LogP contribution >= 0.6 is 24.0 Å². The van der Waals surface area contributed by atoms with Crippen LogP contribution in [0.4, 0.5) is 10.5 Å². The number of benzene rings is 3. The van der Waals surface area contributed by atoms with Gasteiger partial charge in [0.1, 0.15) is 12.6 Å². The quantitative estimate of drug-likeness (QED) is 0.0787. The number of nitrogens with one attached hydrogen (secondary N) is 1. The van der Waals surface area contributed by atoms with E-state index < -0.39 is 57.8 Å². The third-order valence-electron chi connectivity index (χ3n) is 8.87. The van der Waals surface area contributed by atoms with Gasteiger partial charge in [-0.1, -0.05) is 67.7 Å². The molecule has 5 rings (SSSR count). The molecule has 15 nitrogen and oxygen atoms in total. The number of ether oxygens (including phenoxy) is 3. The van der Waals surface area contributed by atoms with Gasteiger partial charge in [0, 0.05) is 31.9 Å². The predicted octanol–water partition coefficient (Wildman–Crippen LogP) is 5.35. The molecule has 0 radical (unpaired) electrons. The first-order valence-corrected chi connectivity index (χ1v) is 17.5. The van der Waals surface area contributed by atoms with E-state index in [9.17, 15) is 39.2 Å². The van der Waals surface area contributed by atoms with Crippen LogP contribution in [-0.2, 0) is 37.1 Å². The van der Waals surface area contributed by atoms with Gasteiger partial charge in [0.25, 0.3) is 5.69 Å². The van der Waals surface area contributed by atoms with Crippen molar-refractivity contribution < 1.29 is 48.2 Å². The molecular weight excluding hydrogens is 729 g/mol. The topological polar surface area (TPSA) is 195 Å². The van der Waals surface area contributed by atoms with Crippen LogP contribution in [0.25, 0.3) is 0 Å². The van der Waals surface area contributed by atoms with Gasteiger partial charge in [0.15, 0.2) is 11.5 Å². The van der Waals surface area contributed by atoms with E-state index >= 15 is 0 Å². The number of thiocarbonyl (C=S) groups is 1. The number of carboxylic acid groups (broad SMARTS) is 1. The summed E-state index contributed by atoms with van der Waals surface area (Å²) >= 11 is 7.14. The number of nitrogens with zero attached hydrogens (tertiary/aromatic N) is 3. The lowest BCUT2D eigenvalue weighted by Gasteiger charge is -2.52. The Morgan fingerprint density at radius 3 is 2.19 bits per heavy atom. The van der Waals surface area contributed by atoms with Crippen LogP contribution < -0.4 is 14.8 Å². The van der Waals surface area contributed by atoms with Crippen molar-refractivity contribution in [2.75, 3.05) is 0 Å². The van der Waals surface area contributed by atoms with Gasteiger partial charge in [0.2, 0.25) is 11.6 Å². The molecule has 2 aliphatic heterocycles. The van der Waals surface area contributed by atoms with Gasteiger partial charge >= 0.3 is 24.0 Å². The van der Waals surface area contributed by atoms with E-state index in [4.69, 9.17) is 26.4 Å². The molecule has 0 saturated carbocycles. The Labute approximate surface area is 313 Å². The number of hydrogen-bond donors (Lipinski definition) is 2. The first kappa shape index (κ1) is 38.7. The minimum atomic E-state index is -1.93. The van der Waals surface area contributed by atoms with Gasteiger partial charge in [-0.05, 0) is 42.7 Å². The van der Waals surface area contributed by atoms with E-state index in [2.05, 4.69) is 5.32 Å². The highest BCUT2D eigenvalue weighted by Crippen LogP contribution is 2.58. The van der Waals surface area contributed by atoms with E-state index in [0.29, 0.717) is 16.1 Å². The molecule has 53 heavy (non-hydrogen) atoms. The van der Waals surface area contributed by atoms with E-state index in [0.717, 1.165) is 18.7 Å². The molecule has 3 aromatic carbocycles. The second-order valence-electron chi connectivity index (χ2n) is 12.9. The number of nitro groups is 1. The molecule has 2 heterocycles. The van der Waals surface area contributed by atoms with Crippen molar-refractivity contribution in [2.45, 2.75) is 69.6 Å². The molecule has 2 N–H and O–H groups in total. The molecule has 0 aliphatic carbocycles. The summed E-state index contributed by atoms with van der Waals surface area (Å²) in [6, 6.07) is 16.0. The average Bonchev–Trinajstić information content (AvgIpc) is 3.32. The first-order chi connectivity index (χ1) is 25.0. The van der Waals surface area contributed by atoms with Crippen molar-refractivity contribution in [3.8, 4) is 11.5 Å². The van der Waals surface area contributed by atoms with Crippen LogP contribution in [0.3, 0.4) is 0 Å². The summed E-state index contributed by atoms with van der Waals surface area (Å²) in [6.45, 7) is 7.05. The second kappa shape index (κ2) is 15.2. The van der Waals surface area contributed by atoms with Gasteiger partial charge in [-0.3, -0.25) is 29.4 Å². The van der Waals surface area contributed by atoms with Crippen molar-refractivity contribution in [2.24, 2.45) is 5.92 Å². The third kappa shape index (κ3) is 7.66. The lowest BCUT2D eigenvalue weighted by Crippen LogP contribution is -2.77. The summed E-state index contributed by atoms with van der Waals surface area (Å²) in [5, 5.41) is 24.5. The summed E-state index contributed by atoms with van der Waals surface area (Å²) in [5.74, 6) is -3.93. The number of amides is 2. The highest BCUT2D eigenvalue weighted by Gasteiger charge is 2.72. The number of esters is 3. The zero-order chi connectivity index (χ0) is 38.8. The minimum Gasteiger partial charge on any atom is -0.465 e. The fourth-order valence-electron chi connectivity index (χ4n) is 6.31. The SMILES string of the molecule is CC(=O)Oc1ccc(C(C(=O)N[C@@]2(C(=O)OCc3ccccc3)N3C(=S)[C@@H](C)[C@H]3SC2(C)C)N(Cc2ccc([N+](=O)[O-])cc2)C(=O)O)cc1OC(C)=O. The van der Waals surface area contributed by atoms with Crippen molar-refractivity contribution in [1.82, 2.24) is 15.1 Å². The molecular formula is C36H36N4O11S2. The van der Waals surface area contributed by atoms with Crippen molar-refractivity contribution in [3.63, 3.8) is 0 Å². The number of carbonyl (C=O) groups is 5. The monoisotopic (exact) mass is 764 g/mol. The Morgan fingerprint density at radius 2 is 1.60 bits per heavy atom. The summed E-state index contributed by atoms with van der Waals surface area (Å²) in [4.78, 5) is 79.8. The summed E-state index contributed by atoms with van der Waals surface area (Å²) in [7, 11) is 0. The highest BCUT2D eigenvalue weighted by molar-refractivity contribution is 8.02. The van der Waals surface area contributed by atoms with Crippen molar-refractivity contribution >= 4 is 64.6 Å². The molecule has 0 aromatic heterocycles. The first-order valence-electron chi connectivity index (χ1n) is 16.2. The number of non-ortho nitro benzene ring substituents is 1. The van der Waals surface area contributed by atoms with Crippen LogP contribution in [-0.4, -0.2) is 70.5 Å². The molecule has 1 unspecified atom stereocenters. The van der Waals surface area contributed by atoms with E-state index in [1.165, 1.54) is 54.2 Å². The molecule has 2 saturated heterocycles. The summed E-state index contributed by atoms with van der Waals surface area (Å²) < 4.78 is 15.3. The molecule has 2 amide bonds. The maximum Gasteiger partial charge on any atom is 0.408 e. The van der Waals surface area contributed by atoms with E-state index in [1.54, 1.807) is 43.0 Å². The molecule has 0 spiro atoms. The van der Waals surface area contributed by atoms with E-state index in [1.807, 2.05) is 13.0 Å². The Hall–Kier alpha value is -5.55. The Kier molecular flexibility index (Phi) is 11.1. The van der Waals surface area contributed by atoms with Crippen LogP contribution in [0, 0.1) is 16.0 Å². The van der Waals surface area contributed by atoms with Gasteiger partial charge in [-0.15, -0.1) is 11.8 Å². The number of nitro benzene ring substituents is 1. The fraction of sp³-hybridized carbons (Fsp3) is 0.333. The maximum atomic E-state index is 14.9. The van der Waals surface area contributed by atoms with Gasteiger partial charge in [-0.25, -0.2) is 9.59 Å². The fourth-order valence-corrected chi connectivity index (χ4v) is 8.56. The lowest BCUT2D eigenvalue weighted by atomic mass is 9.86. The number of thioether (sulfide) groups is 1. The zero-order valence-electron chi connectivity index (χ0n) is 29.3. The average molecular weight is 765 g/mol. The number of rotatable bonds is 12. The summed E-state index contributed by atoms with van der Waals surface area (Å²) in [5.41, 5.74) is -1.22. The Morgan fingerprint density at radius 1 is 0.981 bits per heavy atom. The minimum absolute atomic E-state index is 0.0358. The highest BCUT2D eigenvalue weighted by atomic mass is 32.2. The third-order valence-corrected chi connectivity index (χ3v) is 11.2. The molecule has 17 heteroatoms. The van der Waals surface area contributed by atoms with Gasteiger partial charge in [0.05, 0.1) is 26.6 Å².